The molecule has 0 aliphatic carbocycles. The number of pyridine rings is 1. The average Bonchev–Trinajstić information content (AvgIpc) is 3.42. The molecular formula is C20H21N7O3S. The van der Waals surface area contributed by atoms with Crippen LogP contribution in [-0.2, 0) is 14.8 Å². The van der Waals surface area contributed by atoms with Gasteiger partial charge in [0.1, 0.15) is 5.82 Å². The number of primary sulfonamides is 1. The van der Waals surface area contributed by atoms with E-state index in [4.69, 9.17) is 14.9 Å². The van der Waals surface area contributed by atoms with Gasteiger partial charge in [0.2, 0.25) is 10.0 Å². The lowest BCUT2D eigenvalue weighted by Gasteiger charge is -2.34. The molecule has 0 amide bonds. The first-order valence-corrected chi connectivity index (χ1v) is 11.3. The van der Waals surface area contributed by atoms with Crippen LogP contribution in [0.1, 0.15) is 6.92 Å². The van der Waals surface area contributed by atoms with Gasteiger partial charge in [-0.3, -0.25) is 5.10 Å². The van der Waals surface area contributed by atoms with Crippen molar-refractivity contribution in [3.63, 3.8) is 0 Å². The predicted octanol–water partition coefficient (Wildman–Crippen LogP) is 1.68. The smallest absolute Gasteiger partial charge is 0.238 e. The monoisotopic (exact) mass is 439 g/mol. The van der Waals surface area contributed by atoms with Crippen LogP contribution in [0.15, 0.2) is 53.7 Å². The number of aromatic nitrogens is 5. The highest BCUT2D eigenvalue weighted by Crippen LogP contribution is 2.36. The predicted molar refractivity (Wildman–Crippen MR) is 115 cm³/mol. The molecule has 0 bridgehead atoms. The van der Waals surface area contributed by atoms with E-state index in [1.54, 1.807) is 41.3 Å². The van der Waals surface area contributed by atoms with Gasteiger partial charge in [0.15, 0.2) is 11.5 Å². The van der Waals surface area contributed by atoms with Crippen LogP contribution in [0.5, 0.6) is 0 Å². The van der Waals surface area contributed by atoms with Gasteiger partial charge in [-0.05, 0) is 24.6 Å². The SMILES string of the molecule is C[C@@H]1COCCN1c1cc(-c2ccccc2S(N)(=O)=O)c2cnn(-c3cc[nH]n3)c2n1. The van der Waals surface area contributed by atoms with Crippen molar-refractivity contribution in [1.29, 1.82) is 0 Å². The molecule has 10 nitrogen and oxygen atoms in total. The number of H-pyrrole nitrogens is 1. The Bertz CT molecular complexity index is 1350. The normalized spacial score (nSPS) is 17.4. The molecule has 0 unspecified atom stereocenters. The molecule has 4 aromatic rings. The van der Waals surface area contributed by atoms with Gasteiger partial charge in [0.25, 0.3) is 0 Å². The van der Waals surface area contributed by atoms with E-state index >= 15 is 0 Å². The van der Waals surface area contributed by atoms with Crippen LogP contribution in [0.25, 0.3) is 28.0 Å². The minimum atomic E-state index is -3.93. The Hall–Kier alpha value is -3.28. The van der Waals surface area contributed by atoms with Crippen molar-refractivity contribution >= 4 is 26.9 Å². The molecule has 1 atom stereocenters. The molecule has 0 saturated carbocycles. The number of nitrogens with zero attached hydrogens (tertiary/aromatic N) is 5. The number of nitrogens with one attached hydrogen (secondary N) is 1. The maximum absolute atomic E-state index is 12.3. The van der Waals surface area contributed by atoms with Crippen LogP contribution in [0.2, 0.25) is 0 Å². The van der Waals surface area contributed by atoms with Crippen molar-refractivity contribution in [2.45, 2.75) is 17.9 Å². The number of ether oxygens (including phenoxy) is 1. The third-order valence-corrected chi connectivity index (χ3v) is 6.35. The maximum Gasteiger partial charge on any atom is 0.238 e. The molecule has 3 aromatic heterocycles. The number of hydrogen-bond donors (Lipinski definition) is 2. The Morgan fingerprint density at radius 1 is 1.19 bits per heavy atom. The summed E-state index contributed by atoms with van der Waals surface area (Å²) in [5, 5.41) is 17.7. The van der Waals surface area contributed by atoms with Crippen molar-refractivity contribution in [2.75, 3.05) is 24.7 Å². The van der Waals surface area contributed by atoms with Crippen LogP contribution < -0.4 is 10.0 Å². The largest absolute Gasteiger partial charge is 0.377 e. The quantitative estimate of drug-likeness (QED) is 0.494. The van der Waals surface area contributed by atoms with E-state index < -0.39 is 10.0 Å². The summed E-state index contributed by atoms with van der Waals surface area (Å²) in [6.07, 6.45) is 3.37. The Morgan fingerprint density at radius 3 is 2.77 bits per heavy atom. The van der Waals surface area contributed by atoms with Crippen molar-refractivity contribution < 1.29 is 13.2 Å². The molecule has 11 heteroatoms. The van der Waals surface area contributed by atoms with E-state index in [0.29, 0.717) is 53.6 Å². The first-order valence-electron chi connectivity index (χ1n) is 9.79. The van der Waals surface area contributed by atoms with Crippen LogP contribution in [0.4, 0.5) is 5.82 Å². The Balaban J connectivity index is 1.81. The second kappa shape index (κ2) is 7.45. The highest BCUT2D eigenvalue weighted by molar-refractivity contribution is 7.89. The second-order valence-corrected chi connectivity index (χ2v) is 8.94. The molecule has 0 spiro atoms. The van der Waals surface area contributed by atoms with Gasteiger partial charge in [-0.1, -0.05) is 18.2 Å². The van der Waals surface area contributed by atoms with Crippen LogP contribution in [0, 0.1) is 0 Å². The fourth-order valence-corrected chi connectivity index (χ4v) is 4.65. The topological polar surface area (TPSA) is 132 Å². The first kappa shape index (κ1) is 19.7. The van der Waals surface area contributed by atoms with Crippen molar-refractivity contribution in [2.24, 2.45) is 5.14 Å². The van der Waals surface area contributed by atoms with Gasteiger partial charge in [0, 0.05) is 29.8 Å². The Morgan fingerprint density at radius 2 is 2.03 bits per heavy atom. The Labute approximate surface area is 178 Å². The number of benzene rings is 1. The van der Waals surface area contributed by atoms with Gasteiger partial charge in [-0.25, -0.2) is 18.5 Å². The Kier molecular flexibility index (Phi) is 4.73. The number of morpholine rings is 1. The maximum atomic E-state index is 12.3. The third kappa shape index (κ3) is 3.46. The molecule has 1 aliphatic rings. The summed E-state index contributed by atoms with van der Waals surface area (Å²) in [6, 6.07) is 10.5. The molecule has 1 fully saturated rings. The molecule has 3 N–H and O–H groups in total. The minimum absolute atomic E-state index is 0.0518. The van der Waals surface area contributed by atoms with E-state index in [-0.39, 0.29) is 10.9 Å². The molecule has 31 heavy (non-hydrogen) atoms. The molecule has 1 aromatic carbocycles. The first-order chi connectivity index (χ1) is 14.9. The third-order valence-electron chi connectivity index (χ3n) is 5.38. The lowest BCUT2D eigenvalue weighted by molar-refractivity contribution is 0.0985. The van der Waals surface area contributed by atoms with Gasteiger partial charge in [-0.2, -0.15) is 14.9 Å². The van der Waals surface area contributed by atoms with Gasteiger partial charge >= 0.3 is 0 Å². The van der Waals surface area contributed by atoms with E-state index in [1.807, 2.05) is 6.07 Å². The van der Waals surface area contributed by atoms with Crippen molar-refractivity contribution in [1.82, 2.24) is 25.0 Å². The average molecular weight is 440 g/mol. The number of rotatable bonds is 4. The molecule has 0 radical (unpaired) electrons. The summed E-state index contributed by atoms with van der Waals surface area (Å²) < 4.78 is 31.8. The zero-order chi connectivity index (χ0) is 21.6. The molecule has 4 heterocycles. The second-order valence-electron chi connectivity index (χ2n) is 7.41. The fourth-order valence-electron chi connectivity index (χ4n) is 3.90. The fraction of sp³-hybridized carbons (Fsp3) is 0.250. The van der Waals surface area contributed by atoms with Crippen LogP contribution >= 0.6 is 0 Å². The number of sulfonamides is 1. The van der Waals surface area contributed by atoms with Gasteiger partial charge < -0.3 is 9.64 Å². The van der Waals surface area contributed by atoms with E-state index in [0.717, 1.165) is 0 Å². The number of aromatic amines is 1. The van der Waals surface area contributed by atoms with Crippen molar-refractivity contribution in [3.05, 3.63) is 48.8 Å². The zero-order valence-corrected chi connectivity index (χ0v) is 17.6. The van der Waals surface area contributed by atoms with E-state index in [9.17, 15) is 8.42 Å². The summed E-state index contributed by atoms with van der Waals surface area (Å²) in [7, 11) is -3.93. The standard InChI is InChI=1S/C20H21N7O3S/c1-13-12-30-9-8-26(13)19-10-15(14-4-2-3-5-17(14)31(21,28)29)16-11-23-27(20(16)24-19)18-6-7-22-25-18/h2-7,10-11,13H,8-9,12H2,1H3,(H,22,25)(H2,21,28,29)/t13-/m1/s1. The zero-order valence-electron chi connectivity index (χ0n) is 16.8. The number of hydrogen-bond acceptors (Lipinski definition) is 7. The van der Waals surface area contributed by atoms with Gasteiger partial charge in [0.05, 0.1) is 30.3 Å². The van der Waals surface area contributed by atoms with Crippen molar-refractivity contribution in [3.8, 4) is 16.9 Å². The molecule has 1 aliphatic heterocycles. The highest BCUT2D eigenvalue weighted by Gasteiger charge is 2.25. The van der Waals surface area contributed by atoms with Crippen LogP contribution in [0.3, 0.4) is 0 Å². The summed E-state index contributed by atoms with van der Waals surface area (Å²) in [5.41, 5.74) is 1.76. The number of nitrogens with two attached hydrogens (primary N) is 1. The lowest BCUT2D eigenvalue weighted by Crippen LogP contribution is -2.44. The van der Waals surface area contributed by atoms with Gasteiger partial charge in [-0.15, -0.1) is 0 Å². The summed E-state index contributed by atoms with van der Waals surface area (Å²) >= 11 is 0. The summed E-state index contributed by atoms with van der Waals surface area (Å²) in [4.78, 5) is 7.08. The number of fused-ring (bicyclic) bond motifs is 1. The number of anilines is 1. The van der Waals surface area contributed by atoms with E-state index in [2.05, 4.69) is 27.1 Å². The molecule has 1 saturated heterocycles. The lowest BCUT2D eigenvalue weighted by atomic mass is 10.0. The molecule has 160 valence electrons. The summed E-state index contributed by atoms with van der Waals surface area (Å²) in [6.45, 7) is 3.91. The van der Waals surface area contributed by atoms with Crippen LogP contribution in [-0.4, -0.2) is 59.2 Å². The van der Waals surface area contributed by atoms with E-state index in [1.165, 1.54) is 6.07 Å². The molecule has 5 rings (SSSR count). The summed E-state index contributed by atoms with van der Waals surface area (Å²) in [5.74, 6) is 1.29. The molecular weight excluding hydrogens is 418 g/mol. The highest BCUT2D eigenvalue weighted by atomic mass is 32.2. The minimum Gasteiger partial charge on any atom is -0.377 e.